The molecule has 0 aromatic heterocycles. The van der Waals surface area contributed by atoms with Gasteiger partial charge >= 0.3 is 6.09 Å². The van der Waals surface area contributed by atoms with E-state index in [-0.39, 0.29) is 36.2 Å². The van der Waals surface area contributed by atoms with Gasteiger partial charge in [-0.15, -0.1) is 0 Å². The molecule has 1 saturated carbocycles. The van der Waals surface area contributed by atoms with E-state index in [1.54, 1.807) is 12.1 Å². The molecule has 2 saturated heterocycles. The minimum absolute atomic E-state index is 0.0468. The first kappa shape index (κ1) is 17.4. The molecule has 140 valence electrons. The predicted molar refractivity (Wildman–Crippen MR) is 87.8 cm³/mol. The summed E-state index contributed by atoms with van der Waals surface area (Å²) < 4.78 is 36.7. The van der Waals surface area contributed by atoms with Gasteiger partial charge in [0.15, 0.2) is 11.4 Å². The number of cyclic esters (lactones) is 1. The van der Waals surface area contributed by atoms with Gasteiger partial charge in [-0.3, -0.25) is 4.79 Å². The molecule has 3 fully saturated rings. The average Bonchev–Trinajstić information content (AvgIpc) is 3.30. The van der Waals surface area contributed by atoms with E-state index in [2.05, 4.69) is 0 Å². The topological polar surface area (TPSA) is 114 Å². The second-order valence-electron chi connectivity index (χ2n) is 7.03. The van der Waals surface area contributed by atoms with Crippen molar-refractivity contribution in [1.82, 2.24) is 4.31 Å². The standard InChI is InChI=1S/C17H19NO7S/c1-10-2-4-12(5-3-10)26(22,23)18-11(9-24-16(18)20)8-17(21)14(19)7-6-13-15(17)25-13/h2-5,11,13,15,21H,6-9H2,1H3/t11-,13-,15-,17+/m0/s1. The predicted octanol–water partition coefficient (Wildman–Crippen LogP) is 0.756. The van der Waals surface area contributed by atoms with Gasteiger partial charge in [0.1, 0.15) is 12.7 Å². The molecule has 0 spiro atoms. The monoisotopic (exact) mass is 381 g/mol. The van der Waals surface area contributed by atoms with Gasteiger partial charge in [-0.2, -0.15) is 4.31 Å². The third-order valence-electron chi connectivity index (χ3n) is 5.23. The van der Waals surface area contributed by atoms with Crippen molar-refractivity contribution in [3.8, 4) is 0 Å². The molecular weight excluding hydrogens is 362 g/mol. The van der Waals surface area contributed by atoms with Crippen molar-refractivity contribution in [2.75, 3.05) is 6.61 Å². The number of rotatable bonds is 4. The lowest BCUT2D eigenvalue weighted by atomic mass is 9.79. The molecule has 9 heteroatoms. The number of ketones is 1. The van der Waals surface area contributed by atoms with Gasteiger partial charge in [-0.1, -0.05) is 17.7 Å². The van der Waals surface area contributed by atoms with Crippen molar-refractivity contribution in [3.63, 3.8) is 0 Å². The molecule has 1 aromatic rings. The normalized spacial score (nSPS) is 33.8. The Hall–Kier alpha value is -1.97. The first-order valence-electron chi connectivity index (χ1n) is 8.42. The zero-order valence-corrected chi connectivity index (χ0v) is 14.9. The molecule has 3 aliphatic rings. The van der Waals surface area contributed by atoms with Gasteiger partial charge in [0.2, 0.25) is 0 Å². The van der Waals surface area contributed by atoms with Gasteiger partial charge in [0, 0.05) is 12.8 Å². The molecule has 2 aliphatic heterocycles. The highest BCUT2D eigenvalue weighted by Gasteiger charge is 2.62. The minimum Gasteiger partial charge on any atom is -0.446 e. The number of aliphatic hydroxyl groups is 1. The molecule has 4 atom stereocenters. The fourth-order valence-electron chi connectivity index (χ4n) is 3.73. The van der Waals surface area contributed by atoms with Gasteiger partial charge in [0.05, 0.1) is 17.0 Å². The number of sulfonamides is 1. The Labute approximate surface area is 150 Å². The molecular formula is C17H19NO7S. The van der Waals surface area contributed by atoms with Gasteiger partial charge in [-0.25, -0.2) is 13.2 Å². The Balaban J connectivity index is 1.63. The Kier molecular flexibility index (Phi) is 3.87. The van der Waals surface area contributed by atoms with Crippen LogP contribution in [0.25, 0.3) is 0 Å². The lowest BCUT2D eigenvalue weighted by Crippen LogP contribution is -2.53. The fourth-order valence-corrected chi connectivity index (χ4v) is 5.21. The van der Waals surface area contributed by atoms with E-state index < -0.39 is 33.9 Å². The molecule has 8 nitrogen and oxygen atoms in total. The number of epoxide rings is 1. The number of amides is 1. The Morgan fingerprint density at radius 2 is 1.96 bits per heavy atom. The Morgan fingerprint density at radius 3 is 2.65 bits per heavy atom. The second kappa shape index (κ2) is 5.77. The molecule has 2 heterocycles. The number of benzene rings is 1. The van der Waals surface area contributed by atoms with Crippen molar-refractivity contribution in [3.05, 3.63) is 29.8 Å². The van der Waals surface area contributed by atoms with Crippen molar-refractivity contribution in [2.24, 2.45) is 0 Å². The number of carbonyl (C=O) groups is 2. The number of ether oxygens (including phenoxy) is 2. The second-order valence-corrected chi connectivity index (χ2v) is 8.84. The van der Waals surface area contributed by atoms with Crippen LogP contribution < -0.4 is 0 Å². The number of hydrogen-bond donors (Lipinski definition) is 1. The van der Waals surface area contributed by atoms with E-state index in [0.29, 0.717) is 10.7 Å². The molecule has 1 amide bonds. The van der Waals surface area contributed by atoms with Crippen LogP contribution in [0.15, 0.2) is 29.2 Å². The molecule has 4 rings (SSSR count). The van der Waals surface area contributed by atoms with Crippen LogP contribution in [-0.2, 0) is 24.3 Å². The minimum atomic E-state index is -4.16. The first-order chi connectivity index (χ1) is 12.2. The summed E-state index contributed by atoms with van der Waals surface area (Å²) in [6.45, 7) is 1.61. The molecule has 0 bridgehead atoms. The van der Waals surface area contributed by atoms with E-state index in [0.717, 1.165) is 5.56 Å². The number of nitrogens with zero attached hydrogens (tertiary/aromatic N) is 1. The maximum atomic E-state index is 12.9. The van der Waals surface area contributed by atoms with Crippen molar-refractivity contribution in [1.29, 1.82) is 0 Å². The van der Waals surface area contributed by atoms with E-state index >= 15 is 0 Å². The summed E-state index contributed by atoms with van der Waals surface area (Å²) in [6, 6.07) is 5.11. The maximum absolute atomic E-state index is 12.9. The van der Waals surface area contributed by atoms with Crippen LogP contribution in [0.5, 0.6) is 0 Å². The van der Waals surface area contributed by atoms with Crippen LogP contribution in [0.4, 0.5) is 4.79 Å². The molecule has 1 aromatic carbocycles. The van der Waals surface area contributed by atoms with Crippen LogP contribution in [0.3, 0.4) is 0 Å². The van der Waals surface area contributed by atoms with Crippen LogP contribution >= 0.6 is 0 Å². The molecule has 1 N–H and O–H groups in total. The van der Waals surface area contributed by atoms with Crippen molar-refractivity contribution >= 4 is 21.9 Å². The van der Waals surface area contributed by atoms with Crippen LogP contribution in [0, 0.1) is 6.92 Å². The third kappa shape index (κ3) is 2.62. The summed E-state index contributed by atoms with van der Waals surface area (Å²) in [6.07, 6.45) is -1.33. The summed E-state index contributed by atoms with van der Waals surface area (Å²) in [5.41, 5.74) is -0.911. The highest BCUT2D eigenvalue weighted by atomic mass is 32.2. The number of carbonyl (C=O) groups excluding carboxylic acids is 2. The van der Waals surface area contributed by atoms with Crippen LogP contribution in [-0.4, -0.2) is 60.2 Å². The summed E-state index contributed by atoms with van der Waals surface area (Å²) >= 11 is 0. The average molecular weight is 381 g/mol. The third-order valence-corrected chi connectivity index (χ3v) is 7.06. The van der Waals surface area contributed by atoms with E-state index in [4.69, 9.17) is 9.47 Å². The van der Waals surface area contributed by atoms with Gasteiger partial charge in [-0.05, 0) is 25.5 Å². The summed E-state index contributed by atoms with van der Waals surface area (Å²) in [5.74, 6) is -0.386. The number of Topliss-reactive ketones (excluding diaryl/α,β-unsaturated/α-hetero) is 1. The highest BCUT2D eigenvalue weighted by molar-refractivity contribution is 7.89. The Bertz CT molecular complexity index is 866. The van der Waals surface area contributed by atoms with Crippen LogP contribution in [0.1, 0.15) is 24.8 Å². The number of fused-ring (bicyclic) bond motifs is 1. The molecule has 1 aliphatic carbocycles. The summed E-state index contributed by atoms with van der Waals surface area (Å²) in [7, 11) is -4.16. The summed E-state index contributed by atoms with van der Waals surface area (Å²) in [5, 5.41) is 10.8. The van der Waals surface area contributed by atoms with Crippen molar-refractivity contribution < 1.29 is 32.6 Å². The van der Waals surface area contributed by atoms with Gasteiger partial charge in [0.25, 0.3) is 10.0 Å². The Morgan fingerprint density at radius 1 is 1.27 bits per heavy atom. The van der Waals surface area contributed by atoms with E-state index in [1.807, 2.05) is 6.92 Å². The van der Waals surface area contributed by atoms with Gasteiger partial charge < -0.3 is 14.6 Å². The number of hydrogen-bond acceptors (Lipinski definition) is 7. The largest absolute Gasteiger partial charge is 0.446 e. The zero-order valence-electron chi connectivity index (χ0n) is 14.1. The lowest BCUT2D eigenvalue weighted by Gasteiger charge is -2.32. The lowest BCUT2D eigenvalue weighted by molar-refractivity contribution is -0.142. The fraction of sp³-hybridized carbons (Fsp3) is 0.529. The molecule has 26 heavy (non-hydrogen) atoms. The quantitative estimate of drug-likeness (QED) is 0.766. The first-order valence-corrected chi connectivity index (χ1v) is 9.86. The highest BCUT2D eigenvalue weighted by Crippen LogP contribution is 2.45. The number of aryl methyl sites for hydroxylation is 1. The summed E-state index contributed by atoms with van der Waals surface area (Å²) in [4.78, 5) is 24.3. The van der Waals surface area contributed by atoms with Crippen molar-refractivity contribution in [2.45, 2.75) is 54.9 Å². The molecule has 0 radical (unpaired) electrons. The zero-order chi connectivity index (χ0) is 18.7. The SMILES string of the molecule is Cc1ccc(S(=O)(=O)N2C(=O)OC[C@@H]2C[C@@]2(O)C(=O)CC[C@@H]3O[C@@H]32)cc1. The van der Waals surface area contributed by atoms with Crippen LogP contribution in [0.2, 0.25) is 0 Å². The smallest absolute Gasteiger partial charge is 0.424 e. The van der Waals surface area contributed by atoms with E-state index in [9.17, 15) is 23.1 Å². The van der Waals surface area contributed by atoms with E-state index in [1.165, 1.54) is 12.1 Å². The maximum Gasteiger partial charge on any atom is 0.424 e. The molecule has 0 unspecified atom stereocenters.